The zero-order chi connectivity index (χ0) is 11.8. The van der Waals surface area contributed by atoms with Gasteiger partial charge in [0.1, 0.15) is 0 Å². The fourth-order valence-corrected chi connectivity index (χ4v) is 2.71. The first-order chi connectivity index (χ1) is 7.43. The van der Waals surface area contributed by atoms with E-state index in [1.54, 1.807) is 0 Å². The third kappa shape index (κ3) is 2.24. The molecule has 0 bridgehead atoms. The van der Waals surface area contributed by atoms with Gasteiger partial charge in [0.15, 0.2) is 0 Å². The zero-order valence-electron chi connectivity index (χ0n) is 10.6. The van der Waals surface area contributed by atoms with Crippen molar-refractivity contribution in [1.82, 2.24) is 4.90 Å². The van der Waals surface area contributed by atoms with Gasteiger partial charge in [-0.2, -0.15) is 0 Å². The summed E-state index contributed by atoms with van der Waals surface area (Å²) in [5.41, 5.74) is 5.98. The zero-order valence-corrected chi connectivity index (χ0v) is 10.6. The molecule has 2 aliphatic rings. The molecule has 0 radical (unpaired) electrons. The van der Waals surface area contributed by atoms with Gasteiger partial charge >= 0.3 is 0 Å². The Morgan fingerprint density at radius 3 is 2.31 bits per heavy atom. The first-order valence-corrected chi connectivity index (χ1v) is 6.51. The Kier molecular flexibility index (Phi) is 2.99. The predicted octanol–water partition coefficient (Wildman–Crippen LogP) is 1.91. The Hall–Kier alpha value is -0.570. The van der Waals surface area contributed by atoms with Crippen LogP contribution in [-0.2, 0) is 4.79 Å². The Labute approximate surface area is 98.4 Å². The van der Waals surface area contributed by atoms with Crippen LogP contribution < -0.4 is 5.73 Å². The van der Waals surface area contributed by atoms with Crippen molar-refractivity contribution in [2.75, 3.05) is 13.1 Å². The van der Waals surface area contributed by atoms with Gasteiger partial charge in [0.05, 0.1) is 5.54 Å². The molecule has 1 saturated carbocycles. The number of carbonyl (C=O) groups excluding carboxylic acids is 1. The number of hydrogen-bond acceptors (Lipinski definition) is 2. The van der Waals surface area contributed by atoms with Gasteiger partial charge < -0.3 is 10.6 Å². The number of nitrogens with two attached hydrogens (primary N) is 1. The van der Waals surface area contributed by atoms with E-state index in [0.29, 0.717) is 5.41 Å². The molecule has 2 N–H and O–H groups in total. The summed E-state index contributed by atoms with van der Waals surface area (Å²) < 4.78 is 0. The molecule has 0 unspecified atom stereocenters. The lowest BCUT2D eigenvalue weighted by atomic mass is 9.76. The minimum atomic E-state index is -0.505. The van der Waals surface area contributed by atoms with Crippen LogP contribution in [0, 0.1) is 5.41 Å². The number of nitrogens with zero attached hydrogens (tertiary/aromatic N) is 1. The predicted molar refractivity (Wildman–Crippen MR) is 65.0 cm³/mol. The maximum absolute atomic E-state index is 12.3. The fraction of sp³-hybridized carbons (Fsp3) is 0.923. The maximum Gasteiger partial charge on any atom is 0.242 e. The summed E-state index contributed by atoms with van der Waals surface area (Å²) in [5, 5.41) is 0. The maximum atomic E-state index is 12.3. The Balaban J connectivity index is 1.97. The van der Waals surface area contributed by atoms with Crippen LogP contribution in [0.4, 0.5) is 0 Å². The van der Waals surface area contributed by atoms with Crippen molar-refractivity contribution in [3.05, 3.63) is 0 Å². The van der Waals surface area contributed by atoms with Crippen molar-refractivity contribution in [2.24, 2.45) is 11.1 Å². The van der Waals surface area contributed by atoms with E-state index in [2.05, 4.69) is 13.8 Å². The molecule has 92 valence electrons. The SMILES string of the molecule is CC1(C)CCCN(C(=O)C2(N)CCC2)CC1. The van der Waals surface area contributed by atoms with Gasteiger partial charge in [-0.3, -0.25) is 4.79 Å². The second-order valence-electron chi connectivity index (χ2n) is 6.32. The molecule has 0 atom stereocenters. The summed E-state index contributed by atoms with van der Waals surface area (Å²) in [6, 6.07) is 0. The van der Waals surface area contributed by atoms with Crippen LogP contribution >= 0.6 is 0 Å². The molecule has 2 fully saturated rings. The Morgan fingerprint density at radius 1 is 1.06 bits per heavy atom. The van der Waals surface area contributed by atoms with Gasteiger partial charge in [-0.05, 0) is 43.9 Å². The highest BCUT2D eigenvalue weighted by Gasteiger charge is 2.43. The smallest absolute Gasteiger partial charge is 0.242 e. The van der Waals surface area contributed by atoms with Crippen LogP contribution in [0.1, 0.15) is 52.4 Å². The molecule has 1 aliphatic heterocycles. The molecule has 16 heavy (non-hydrogen) atoms. The molecule has 0 aromatic heterocycles. The van der Waals surface area contributed by atoms with Crippen molar-refractivity contribution in [3.8, 4) is 0 Å². The average molecular weight is 224 g/mol. The molecule has 1 saturated heterocycles. The monoisotopic (exact) mass is 224 g/mol. The van der Waals surface area contributed by atoms with E-state index in [-0.39, 0.29) is 5.91 Å². The summed E-state index contributed by atoms with van der Waals surface area (Å²) in [6.07, 6.45) is 6.32. The fourth-order valence-electron chi connectivity index (χ4n) is 2.71. The molecule has 0 aromatic carbocycles. The van der Waals surface area contributed by atoms with Gasteiger partial charge in [0.2, 0.25) is 5.91 Å². The molecule has 3 nitrogen and oxygen atoms in total. The van der Waals surface area contributed by atoms with E-state index in [0.717, 1.165) is 45.2 Å². The normalized spacial score (nSPS) is 28.1. The summed E-state index contributed by atoms with van der Waals surface area (Å²) in [4.78, 5) is 14.3. The third-order valence-corrected chi connectivity index (χ3v) is 4.30. The van der Waals surface area contributed by atoms with Crippen molar-refractivity contribution < 1.29 is 4.79 Å². The molecule has 2 rings (SSSR count). The average Bonchev–Trinajstić information content (AvgIpc) is 2.35. The highest BCUT2D eigenvalue weighted by Crippen LogP contribution is 2.34. The van der Waals surface area contributed by atoms with E-state index in [9.17, 15) is 4.79 Å². The lowest BCUT2D eigenvalue weighted by Gasteiger charge is -2.40. The van der Waals surface area contributed by atoms with Gasteiger partial charge in [-0.1, -0.05) is 13.8 Å². The minimum absolute atomic E-state index is 0.205. The third-order valence-electron chi connectivity index (χ3n) is 4.30. The van der Waals surface area contributed by atoms with E-state index < -0.39 is 5.54 Å². The number of rotatable bonds is 1. The highest BCUT2D eigenvalue weighted by molar-refractivity contribution is 5.87. The van der Waals surface area contributed by atoms with Crippen LogP contribution in [0.3, 0.4) is 0 Å². The van der Waals surface area contributed by atoms with Crippen LogP contribution in [-0.4, -0.2) is 29.4 Å². The Bertz CT molecular complexity index is 282. The van der Waals surface area contributed by atoms with E-state index in [4.69, 9.17) is 5.73 Å². The minimum Gasteiger partial charge on any atom is -0.341 e. The first kappa shape index (κ1) is 11.9. The molecule has 1 amide bonds. The van der Waals surface area contributed by atoms with Crippen molar-refractivity contribution >= 4 is 5.91 Å². The molecule has 0 aromatic rings. The van der Waals surface area contributed by atoms with Crippen molar-refractivity contribution in [3.63, 3.8) is 0 Å². The number of hydrogen-bond donors (Lipinski definition) is 1. The second kappa shape index (κ2) is 4.02. The summed E-state index contributed by atoms with van der Waals surface area (Å²) in [7, 11) is 0. The molecule has 3 heteroatoms. The van der Waals surface area contributed by atoms with Crippen LogP contribution in [0.25, 0.3) is 0 Å². The summed E-state index contributed by atoms with van der Waals surface area (Å²) >= 11 is 0. The molecule has 1 aliphatic carbocycles. The largest absolute Gasteiger partial charge is 0.341 e. The summed E-state index contributed by atoms with van der Waals surface area (Å²) in [5.74, 6) is 0.205. The summed E-state index contributed by atoms with van der Waals surface area (Å²) in [6.45, 7) is 6.39. The van der Waals surface area contributed by atoms with E-state index in [1.165, 1.54) is 6.42 Å². The molecule has 1 heterocycles. The van der Waals surface area contributed by atoms with E-state index >= 15 is 0 Å². The van der Waals surface area contributed by atoms with Gasteiger partial charge in [-0.15, -0.1) is 0 Å². The second-order valence-corrected chi connectivity index (χ2v) is 6.32. The lowest BCUT2D eigenvalue weighted by Crippen LogP contribution is -2.59. The van der Waals surface area contributed by atoms with Gasteiger partial charge in [-0.25, -0.2) is 0 Å². The van der Waals surface area contributed by atoms with Crippen LogP contribution in [0.15, 0.2) is 0 Å². The van der Waals surface area contributed by atoms with Crippen LogP contribution in [0.5, 0.6) is 0 Å². The topological polar surface area (TPSA) is 46.3 Å². The number of carbonyl (C=O) groups is 1. The quantitative estimate of drug-likeness (QED) is 0.739. The van der Waals surface area contributed by atoms with Gasteiger partial charge in [0, 0.05) is 13.1 Å². The lowest BCUT2D eigenvalue weighted by molar-refractivity contribution is -0.140. The highest BCUT2D eigenvalue weighted by atomic mass is 16.2. The van der Waals surface area contributed by atoms with Crippen molar-refractivity contribution in [2.45, 2.75) is 57.9 Å². The van der Waals surface area contributed by atoms with E-state index in [1.807, 2.05) is 4.90 Å². The van der Waals surface area contributed by atoms with Gasteiger partial charge in [0.25, 0.3) is 0 Å². The molecule has 0 spiro atoms. The number of amides is 1. The van der Waals surface area contributed by atoms with Crippen molar-refractivity contribution in [1.29, 1.82) is 0 Å². The Morgan fingerprint density at radius 2 is 1.75 bits per heavy atom. The standard InChI is InChI=1S/C13H24N2O/c1-12(2)5-4-9-15(10-8-12)11(16)13(14)6-3-7-13/h3-10,14H2,1-2H3. The van der Waals surface area contributed by atoms with Crippen LogP contribution in [0.2, 0.25) is 0 Å². The molecular weight excluding hydrogens is 200 g/mol. The first-order valence-electron chi connectivity index (χ1n) is 6.51. The number of likely N-dealkylation sites (tertiary alicyclic amines) is 1. The molecular formula is C13H24N2O.